The van der Waals surface area contributed by atoms with Crippen LogP contribution in [0, 0.1) is 11.3 Å². The highest BCUT2D eigenvalue weighted by molar-refractivity contribution is 9.10. The molecule has 1 aromatic heterocycles. The zero-order valence-electron chi connectivity index (χ0n) is 14.6. The van der Waals surface area contributed by atoms with E-state index in [9.17, 15) is 10.1 Å². The summed E-state index contributed by atoms with van der Waals surface area (Å²) < 4.78 is 0.913. The molecule has 0 saturated heterocycles. The first-order valence-corrected chi connectivity index (χ1v) is 10.5. The van der Waals surface area contributed by atoms with Crippen molar-refractivity contribution in [3.8, 4) is 6.07 Å². The number of benzene rings is 1. The number of nitriles is 1. The number of carbonyl (C=O) groups is 1. The molecule has 2 aromatic rings. The van der Waals surface area contributed by atoms with Crippen LogP contribution in [0.2, 0.25) is 0 Å². The van der Waals surface area contributed by atoms with Crippen LogP contribution in [-0.4, -0.2) is 5.78 Å². The van der Waals surface area contributed by atoms with Gasteiger partial charge in [0.2, 0.25) is 5.78 Å². The van der Waals surface area contributed by atoms with E-state index in [1.165, 1.54) is 11.3 Å². The third-order valence-electron chi connectivity index (χ3n) is 5.55. The third-order valence-corrected chi connectivity index (χ3v) is 7.20. The van der Waals surface area contributed by atoms with Crippen LogP contribution < -0.4 is 16.8 Å². The topological polar surface area (TPSA) is 105 Å². The summed E-state index contributed by atoms with van der Waals surface area (Å²) >= 11 is 4.72. The van der Waals surface area contributed by atoms with Crippen LogP contribution in [-0.2, 0) is 5.41 Å². The second-order valence-electron chi connectivity index (χ2n) is 7.05. The maximum absolute atomic E-state index is 13.1. The molecule has 0 radical (unpaired) electrons. The summed E-state index contributed by atoms with van der Waals surface area (Å²) in [5.41, 5.74) is 14.8. The van der Waals surface area contributed by atoms with Crippen LogP contribution in [0.4, 0.5) is 10.7 Å². The lowest BCUT2D eigenvalue weighted by Gasteiger charge is -2.41. The maximum atomic E-state index is 13.1. The number of rotatable bonds is 2. The van der Waals surface area contributed by atoms with E-state index in [0.717, 1.165) is 47.1 Å². The number of thiophene rings is 1. The van der Waals surface area contributed by atoms with Crippen molar-refractivity contribution in [2.45, 2.75) is 37.5 Å². The summed E-state index contributed by atoms with van der Waals surface area (Å²) in [6.45, 7) is 0. The molecule has 27 heavy (non-hydrogen) atoms. The van der Waals surface area contributed by atoms with Crippen LogP contribution in [0.3, 0.4) is 0 Å². The molecular weight excluding hydrogens is 424 g/mol. The molecule has 0 amide bonds. The van der Waals surface area contributed by atoms with Crippen molar-refractivity contribution >= 4 is 43.7 Å². The number of nitrogens with two attached hydrogens (primary N) is 2. The number of nitrogen functional groups attached to an aromatic ring is 1. The fraction of sp³-hybridized carbons (Fsp3) is 0.300. The van der Waals surface area contributed by atoms with Crippen molar-refractivity contribution in [1.29, 1.82) is 5.26 Å². The summed E-state index contributed by atoms with van der Waals surface area (Å²) in [5, 5.41) is 13.7. The van der Waals surface area contributed by atoms with Crippen LogP contribution in [0.25, 0.3) is 0 Å². The Morgan fingerprint density at radius 1 is 1.19 bits per heavy atom. The Kier molecular flexibility index (Phi) is 4.49. The molecule has 1 aliphatic heterocycles. The molecule has 1 aromatic carbocycles. The Morgan fingerprint density at radius 3 is 2.48 bits per heavy atom. The molecule has 4 rings (SSSR count). The van der Waals surface area contributed by atoms with E-state index in [1.54, 1.807) is 12.1 Å². The Balaban J connectivity index is 1.86. The molecule has 1 aliphatic carbocycles. The highest BCUT2D eigenvalue weighted by Crippen LogP contribution is 2.56. The average molecular weight is 443 g/mol. The molecule has 138 valence electrons. The van der Waals surface area contributed by atoms with Crippen molar-refractivity contribution in [3.05, 3.63) is 56.1 Å². The Hall–Kier alpha value is -2.30. The SMILES string of the molecule is N#CC1=C(N)Nc2sc(C(=O)c3ccc(Br)cc3)c(N)c2C12CCCCC2. The Morgan fingerprint density at radius 2 is 1.85 bits per heavy atom. The quantitative estimate of drug-likeness (QED) is 0.587. The molecule has 1 fully saturated rings. The number of hydrogen-bond donors (Lipinski definition) is 3. The van der Waals surface area contributed by atoms with Crippen LogP contribution in [0.1, 0.15) is 52.9 Å². The molecule has 7 heteroatoms. The van der Waals surface area contributed by atoms with Gasteiger partial charge in [0.15, 0.2) is 0 Å². The van der Waals surface area contributed by atoms with Gasteiger partial charge in [0.1, 0.15) is 15.7 Å². The Labute approximate surface area is 170 Å². The predicted molar refractivity (Wildman–Crippen MR) is 112 cm³/mol. The summed E-state index contributed by atoms with van der Waals surface area (Å²) in [4.78, 5) is 13.6. The molecule has 2 heterocycles. The smallest absolute Gasteiger partial charge is 0.205 e. The zero-order chi connectivity index (χ0) is 19.2. The number of allylic oxidation sites excluding steroid dienone is 1. The first-order valence-electron chi connectivity index (χ1n) is 8.88. The van der Waals surface area contributed by atoms with Crippen LogP contribution >= 0.6 is 27.3 Å². The molecule has 1 spiro atoms. The third kappa shape index (κ3) is 2.75. The molecular formula is C20H19BrN4OS. The van der Waals surface area contributed by atoms with E-state index in [0.29, 0.717) is 27.5 Å². The first kappa shape index (κ1) is 18.1. The highest BCUT2D eigenvalue weighted by Gasteiger charge is 2.47. The minimum Gasteiger partial charge on any atom is -0.397 e. The van der Waals surface area contributed by atoms with Crippen molar-refractivity contribution < 1.29 is 4.79 Å². The molecule has 5 nitrogen and oxygen atoms in total. The van der Waals surface area contributed by atoms with Gasteiger partial charge in [-0.25, -0.2) is 0 Å². The number of fused-ring (bicyclic) bond motifs is 2. The highest BCUT2D eigenvalue weighted by atomic mass is 79.9. The number of halogens is 1. The summed E-state index contributed by atoms with van der Waals surface area (Å²) in [7, 11) is 0. The van der Waals surface area contributed by atoms with Gasteiger partial charge >= 0.3 is 0 Å². The maximum Gasteiger partial charge on any atom is 0.205 e. The minimum absolute atomic E-state index is 0.107. The first-order chi connectivity index (χ1) is 13.0. The van der Waals surface area contributed by atoms with E-state index in [-0.39, 0.29) is 5.78 Å². The van der Waals surface area contributed by atoms with E-state index < -0.39 is 5.41 Å². The van der Waals surface area contributed by atoms with Gasteiger partial charge in [-0.15, -0.1) is 11.3 Å². The number of carbonyl (C=O) groups excluding carboxylic acids is 1. The Bertz CT molecular complexity index is 994. The van der Waals surface area contributed by atoms with Crippen LogP contribution in [0.15, 0.2) is 40.1 Å². The van der Waals surface area contributed by atoms with Crippen molar-refractivity contribution in [2.24, 2.45) is 5.73 Å². The fourth-order valence-corrected chi connectivity index (χ4v) is 5.76. The van der Waals surface area contributed by atoms with Gasteiger partial charge in [0, 0.05) is 21.0 Å². The number of anilines is 2. The summed E-state index contributed by atoms with van der Waals surface area (Å²) in [5.74, 6) is 0.278. The van der Waals surface area contributed by atoms with Gasteiger partial charge in [-0.1, -0.05) is 35.2 Å². The van der Waals surface area contributed by atoms with E-state index in [4.69, 9.17) is 11.5 Å². The largest absolute Gasteiger partial charge is 0.397 e. The second-order valence-corrected chi connectivity index (χ2v) is 8.99. The number of ketones is 1. The molecule has 0 unspecified atom stereocenters. The molecule has 0 atom stereocenters. The van der Waals surface area contributed by atoms with Gasteiger partial charge in [-0.3, -0.25) is 4.79 Å². The molecule has 1 saturated carbocycles. The molecule has 2 aliphatic rings. The number of hydrogen-bond acceptors (Lipinski definition) is 6. The van der Waals surface area contributed by atoms with Gasteiger partial charge in [0.25, 0.3) is 0 Å². The van der Waals surface area contributed by atoms with Gasteiger partial charge in [-0.05, 0) is 37.1 Å². The fourth-order valence-electron chi connectivity index (χ4n) is 4.30. The molecule has 5 N–H and O–H groups in total. The van der Waals surface area contributed by atoms with E-state index >= 15 is 0 Å². The van der Waals surface area contributed by atoms with Gasteiger partial charge < -0.3 is 16.8 Å². The lowest BCUT2D eigenvalue weighted by molar-refractivity contribution is 0.104. The van der Waals surface area contributed by atoms with E-state index in [1.807, 2.05) is 12.1 Å². The van der Waals surface area contributed by atoms with Crippen molar-refractivity contribution in [3.63, 3.8) is 0 Å². The number of nitrogens with one attached hydrogen (secondary N) is 1. The lowest BCUT2D eigenvalue weighted by atomic mass is 9.64. The monoisotopic (exact) mass is 442 g/mol. The van der Waals surface area contributed by atoms with Crippen molar-refractivity contribution in [1.82, 2.24) is 0 Å². The predicted octanol–water partition coefficient (Wildman–Crippen LogP) is 4.65. The minimum atomic E-state index is -0.476. The average Bonchev–Trinajstić information content (AvgIpc) is 2.99. The van der Waals surface area contributed by atoms with Crippen LogP contribution in [0.5, 0.6) is 0 Å². The second kappa shape index (κ2) is 6.70. The summed E-state index contributed by atoms with van der Waals surface area (Å²) in [6.07, 6.45) is 4.83. The zero-order valence-corrected chi connectivity index (χ0v) is 17.0. The standard InChI is InChI=1S/C20H19BrN4OS/c21-12-6-4-11(5-7-12)16(26)17-15(23)14-19(27-17)25-18(24)13(10-22)20(14)8-2-1-3-9-20/h4-7,25H,1-3,8-9,23-24H2. The normalized spacial score (nSPS) is 17.9. The lowest BCUT2D eigenvalue weighted by Crippen LogP contribution is -2.38. The van der Waals surface area contributed by atoms with E-state index in [2.05, 4.69) is 27.3 Å². The molecule has 0 bridgehead atoms. The van der Waals surface area contributed by atoms with Crippen molar-refractivity contribution in [2.75, 3.05) is 11.1 Å². The summed E-state index contributed by atoms with van der Waals surface area (Å²) in [6, 6.07) is 9.55. The van der Waals surface area contributed by atoms with Gasteiger partial charge in [0.05, 0.1) is 17.3 Å². The number of nitrogens with zero attached hydrogens (tertiary/aromatic N) is 1. The van der Waals surface area contributed by atoms with Gasteiger partial charge in [-0.2, -0.15) is 5.26 Å².